The number of methoxy groups -OCH3 is 1. The van der Waals surface area contributed by atoms with E-state index >= 15 is 0 Å². The van der Waals surface area contributed by atoms with Gasteiger partial charge in [0, 0.05) is 56.4 Å². The Bertz CT molecular complexity index is 948. The molecule has 0 spiro atoms. The summed E-state index contributed by atoms with van der Waals surface area (Å²) < 4.78 is 5.24. The number of nitrogens with zero attached hydrogens (tertiary/aromatic N) is 3. The van der Waals surface area contributed by atoms with Crippen molar-refractivity contribution in [1.29, 1.82) is 0 Å². The van der Waals surface area contributed by atoms with Gasteiger partial charge in [-0.25, -0.2) is 0 Å². The summed E-state index contributed by atoms with van der Waals surface area (Å²) >= 11 is 5.95. The van der Waals surface area contributed by atoms with Gasteiger partial charge in [-0.05, 0) is 61.2 Å². The molecule has 0 saturated carbocycles. The van der Waals surface area contributed by atoms with Crippen LogP contribution in [0.4, 0.5) is 0 Å². The van der Waals surface area contributed by atoms with Crippen molar-refractivity contribution in [3.8, 4) is 5.75 Å². The zero-order valence-corrected chi connectivity index (χ0v) is 20.0. The highest BCUT2D eigenvalue weighted by Crippen LogP contribution is 2.22. The van der Waals surface area contributed by atoms with Gasteiger partial charge >= 0.3 is 0 Å². The van der Waals surface area contributed by atoms with Gasteiger partial charge in [-0.1, -0.05) is 23.7 Å². The average molecular weight is 470 g/mol. The zero-order chi connectivity index (χ0) is 23.2. The Balaban J connectivity index is 1.31. The molecular formula is C26H32ClN3O3. The third kappa shape index (κ3) is 6.06. The second-order valence-corrected chi connectivity index (χ2v) is 9.34. The van der Waals surface area contributed by atoms with Crippen molar-refractivity contribution in [3.05, 3.63) is 64.7 Å². The van der Waals surface area contributed by atoms with E-state index in [0.717, 1.165) is 57.7 Å². The molecule has 176 valence electrons. The first-order valence-electron chi connectivity index (χ1n) is 11.7. The Morgan fingerprint density at radius 3 is 2.36 bits per heavy atom. The van der Waals surface area contributed by atoms with Crippen LogP contribution < -0.4 is 4.74 Å². The molecule has 2 aromatic carbocycles. The van der Waals surface area contributed by atoms with Gasteiger partial charge < -0.3 is 14.5 Å². The molecule has 2 aliphatic rings. The number of ether oxygens (including phenoxy) is 1. The Kier molecular flexibility index (Phi) is 7.89. The number of amides is 2. The maximum absolute atomic E-state index is 13.3. The van der Waals surface area contributed by atoms with Crippen molar-refractivity contribution in [2.24, 2.45) is 5.92 Å². The van der Waals surface area contributed by atoms with Crippen molar-refractivity contribution >= 4 is 23.4 Å². The summed E-state index contributed by atoms with van der Waals surface area (Å²) in [7, 11) is 1.68. The minimum Gasteiger partial charge on any atom is -0.497 e. The highest BCUT2D eigenvalue weighted by molar-refractivity contribution is 6.30. The number of hydrogen-bond donors (Lipinski definition) is 0. The fourth-order valence-electron chi connectivity index (χ4n) is 4.73. The maximum atomic E-state index is 13.3. The number of rotatable bonds is 5. The topological polar surface area (TPSA) is 53.1 Å². The summed E-state index contributed by atoms with van der Waals surface area (Å²) in [6, 6.07) is 15.1. The van der Waals surface area contributed by atoms with Crippen molar-refractivity contribution in [2.75, 3.05) is 46.4 Å². The van der Waals surface area contributed by atoms with Crippen molar-refractivity contribution in [1.82, 2.24) is 14.7 Å². The monoisotopic (exact) mass is 469 g/mol. The van der Waals surface area contributed by atoms with E-state index in [1.54, 1.807) is 31.4 Å². The molecule has 2 aliphatic heterocycles. The van der Waals surface area contributed by atoms with E-state index in [9.17, 15) is 9.59 Å². The molecule has 0 unspecified atom stereocenters. The number of carbonyl (C=O) groups is 2. The molecule has 0 radical (unpaired) electrons. The van der Waals surface area contributed by atoms with E-state index in [0.29, 0.717) is 23.7 Å². The normalized spacial score (nSPS) is 19.8. The van der Waals surface area contributed by atoms with Crippen molar-refractivity contribution in [3.63, 3.8) is 0 Å². The third-order valence-corrected chi connectivity index (χ3v) is 6.87. The second kappa shape index (κ2) is 11.0. The van der Waals surface area contributed by atoms with E-state index in [-0.39, 0.29) is 17.7 Å². The molecule has 0 N–H and O–H groups in total. The Labute approximate surface area is 201 Å². The SMILES string of the molecule is COc1ccc(CN2CCCN(C(=O)[C@H]3CCCN(C(=O)c4ccc(Cl)cc4)C3)CC2)cc1. The van der Waals surface area contributed by atoms with Crippen LogP contribution in [0, 0.1) is 5.92 Å². The van der Waals surface area contributed by atoms with Crippen LogP contribution in [0.2, 0.25) is 5.02 Å². The molecule has 0 aromatic heterocycles. The third-order valence-electron chi connectivity index (χ3n) is 6.61. The Hall–Kier alpha value is -2.57. The van der Waals surface area contributed by atoms with Gasteiger partial charge in [0.15, 0.2) is 0 Å². The lowest BCUT2D eigenvalue weighted by Crippen LogP contribution is -2.47. The fraction of sp³-hybridized carbons (Fsp3) is 0.462. The van der Waals surface area contributed by atoms with Gasteiger partial charge in [-0.2, -0.15) is 0 Å². The minimum absolute atomic E-state index is 0.0225. The average Bonchev–Trinajstić information content (AvgIpc) is 3.10. The molecule has 0 bridgehead atoms. The molecule has 1 atom stereocenters. The molecule has 33 heavy (non-hydrogen) atoms. The summed E-state index contributed by atoms with van der Waals surface area (Å²) in [4.78, 5) is 32.5. The number of carbonyl (C=O) groups excluding carboxylic acids is 2. The van der Waals surface area contributed by atoms with Crippen LogP contribution in [0.15, 0.2) is 48.5 Å². The number of halogens is 1. The minimum atomic E-state index is -0.122. The summed E-state index contributed by atoms with van der Waals surface area (Å²) in [5.41, 5.74) is 1.87. The fourth-order valence-corrected chi connectivity index (χ4v) is 4.86. The summed E-state index contributed by atoms with van der Waals surface area (Å²) in [6.07, 6.45) is 2.66. The molecule has 7 heteroatoms. The zero-order valence-electron chi connectivity index (χ0n) is 19.2. The van der Waals surface area contributed by atoms with Crippen LogP contribution in [-0.4, -0.2) is 72.9 Å². The maximum Gasteiger partial charge on any atom is 0.253 e. The first kappa shape index (κ1) is 23.6. The van der Waals surface area contributed by atoms with Gasteiger partial charge in [0.05, 0.1) is 13.0 Å². The largest absolute Gasteiger partial charge is 0.497 e. The summed E-state index contributed by atoms with van der Waals surface area (Å²) in [6.45, 7) is 5.40. The number of benzene rings is 2. The van der Waals surface area contributed by atoms with Crippen LogP contribution in [0.3, 0.4) is 0 Å². The molecule has 2 saturated heterocycles. The quantitative estimate of drug-likeness (QED) is 0.665. The van der Waals surface area contributed by atoms with Gasteiger partial charge in [-0.15, -0.1) is 0 Å². The summed E-state index contributed by atoms with van der Waals surface area (Å²) in [5, 5.41) is 0.612. The molecule has 2 aromatic rings. The van der Waals surface area contributed by atoms with E-state index < -0.39 is 0 Å². The smallest absolute Gasteiger partial charge is 0.253 e. The molecule has 2 amide bonds. The van der Waals surface area contributed by atoms with Crippen molar-refractivity contribution < 1.29 is 14.3 Å². The van der Waals surface area contributed by atoms with Gasteiger partial charge in [0.2, 0.25) is 5.91 Å². The first-order chi connectivity index (χ1) is 16.0. The first-order valence-corrected chi connectivity index (χ1v) is 12.1. The number of piperidine rings is 1. The Morgan fingerprint density at radius 1 is 0.909 bits per heavy atom. The van der Waals surface area contributed by atoms with E-state index in [2.05, 4.69) is 17.0 Å². The predicted molar refractivity (Wildman–Crippen MR) is 130 cm³/mol. The summed E-state index contributed by atoms with van der Waals surface area (Å²) in [5.74, 6) is 0.909. The van der Waals surface area contributed by atoms with Crippen LogP contribution in [0.25, 0.3) is 0 Å². The molecule has 2 heterocycles. The second-order valence-electron chi connectivity index (χ2n) is 8.90. The molecule has 4 rings (SSSR count). The number of likely N-dealkylation sites (tertiary alicyclic amines) is 1. The van der Waals surface area contributed by atoms with E-state index in [4.69, 9.17) is 16.3 Å². The lowest BCUT2D eigenvalue weighted by molar-refractivity contribution is -0.136. The molecule has 2 fully saturated rings. The van der Waals surface area contributed by atoms with Crippen LogP contribution in [0.1, 0.15) is 35.2 Å². The molecule has 6 nitrogen and oxygen atoms in total. The lowest BCUT2D eigenvalue weighted by atomic mass is 9.95. The van der Waals surface area contributed by atoms with E-state index in [1.165, 1.54) is 5.56 Å². The lowest BCUT2D eigenvalue weighted by Gasteiger charge is -2.35. The van der Waals surface area contributed by atoms with Crippen molar-refractivity contribution in [2.45, 2.75) is 25.8 Å². The highest BCUT2D eigenvalue weighted by atomic mass is 35.5. The van der Waals surface area contributed by atoms with Gasteiger partial charge in [-0.3, -0.25) is 14.5 Å². The van der Waals surface area contributed by atoms with Gasteiger partial charge in [0.1, 0.15) is 5.75 Å². The van der Waals surface area contributed by atoms with Crippen LogP contribution in [0.5, 0.6) is 5.75 Å². The predicted octanol–water partition coefficient (Wildman–Crippen LogP) is 3.94. The standard InChI is InChI=1S/C26H32ClN3O3/c1-33-24-11-5-20(6-12-24)18-28-13-3-15-29(17-16-28)26(32)22-4-2-14-30(19-22)25(31)21-7-9-23(27)10-8-21/h5-12,22H,2-4,13-19H2,1H3/t22-/m0/s1. The van der Waals surface area contributed by atoms with Crippen LogP contribution >= 0.6 is 11.6 Å². The molecule has 0 aliphatic carbocycles. The van der Waals surface area contributed by atoms with Gasteiger partial charge in [0.25, 0.3) is 5.91 Å². The van der Waals surface area contributed by atoms with E-state index in [1.807, 2.05) is 21.9 Å². The Morgan fingerprint density at radius 2 is 1.64 bits per heavy atom. The molecular weight excluding hydrogens is 438 g/mol. The van der Waals surface area contributed by atoms with Crippen LogP contribution in [-0.2, 0) is 11.3 Å². The highest BCUT2D eigenvalue weighted by Gasteiger charge is 2.32. The number of hydrogen-bond acceptors (Lipinski definition) is 4.